The van der Waals surface area contributed by atoms with Gasteiger partial charge in [0.05, 0.1) is 23.0 Å². The Morgan fingerprint density at radius 2 is 2.00 bits per heavy atom. The number of halogens is 2. The van der Waals surface area contributed by atoms with Crippen LogP contribution >= 0.6 is 23.2 Å². The highest BCUT2D eigenvalue weighted by molar-refractivity contribution is 6.32. The van der Waals surface area contributed by atoms with Crippen molar-refractivity contribution in [2.75, 3.05) is 7.05 Å². The molecule has 0 bridgehead atoms. The fraction of sp³-hybridized carbons (Fsp3) is 0.357. The molecule has 0 radical (unpaired) electrons. The molecule has 0 saturated heterocycles. The molecule has 1 aromatic heterocycles. The largest absolute Gasteiger partial charge is 0.308 e. The lowest BCUT2D eigenvalue weighted by atomic mass is 10.0. The first-order valence-electron chi connectivity index (χ1n) is 6.32. The Morgan fingerprint density at radius 3 is 2.63 bits per heavy atom. The van der Waals surface area contributed by atoms with E-state index in [4.69, 9.17) is 23.2 Å². The number of aryl methyl sites for hydroxylation is 1. The first-order valence-corrected chi connectivity index (χ1v) is 7.07. The average molecular weight is 298 g/mol. The summed E-state index contributed by atoms with van der Waals surface area (Å²) in [6, 6.07) is 7.72. The normalized spacial score (nSPS) is 12.6. The second-order valence-electron chi connectivity index (χ2n) is 4.34. The fourth-order valence-corrected chi connectivity index (χ4v) is 2.69. The van der Waals surface area contributed by atoms with Gasteiger partial charge in [-0.3, -0.25) is 4.68 Å². The van der Waals surface area contributed by atoms with Crippen LogP contribution in [0.3, 0.4) is 0 Å². The Bertz CT molecular complexity index is 551. The van der Waals surface area contributed by atoms with Crippen LogP contribution in [0.5, 0.6) is 0 Å². The summed E-state index contributed by atoms with van der Waals surface area (Å²) in [6.45, 7) is 2.95. The number of aromatic nitrogens is 2. The minimum absolute atomic E-state index is 0.0600. The predicted octanol–water partition coefficient (Wildman–Crippen LogP) is 3.91. The van der Waals surface area contributed by atoms with Gasteiger partial charge in [-0.25, -0.2) is 0 Å². The number of hydrogen-bond acceptors (Lipinski definition) is 2. The minimum Gasteiger partial charge on any atom is -0.308 e. The van der Waals surface area contributed by atoms with Gasteiger partial charge >= 0.3 is 0 Å². The van der Waals surface area contributed by atoms with Gasteiger partial charge in [0, 0.05) is 11.6 Å². The summed E-state index contributed by atoms with van der Waals surface area (Å²) in [6.07, 6.45) is 2.69. The summed E-state index contributed by atoms with van der Waals surface area (Å²) in [5.41, 5.74) is 1.96. The van der Waals surface area contributed by atoms with Crippen LogP contribution in [0.1, 0.15) is 30.6 Å². The van der Waals surface area contributed by atoms with Gasteiger partial charge < -0.3 is 5.32 Å². The maximum atomic E-state index is 6.29. The lowest BCUT2D eigenvalue weighted by molar-refractivity contribution is 0.535. The molecule has 0 aliphatic rings. The van der Waals surface area contributed by atoms with E-state index < -0.39 is 0 Å². The molecule has 1 unspecified atom stereocenters. The Morgan fingerprint density at radius 1 is 1.26 bits per heavy atom. The van der Waals surface area contributed by atoms with Crippen molar-refractivity contribution >= 4 is 23.2 Å². The highest BCUT2D eigenvalue weighted by atomic mass is 35.5. The lowest BCUT2D eigenvalue weighted by Crippen LogP contribution is -2.22. The van der Waals surface area contributed by atoms with E-state index in [2.05, 4.69) is 17.3 Å². The first kappa shape index (κ1) is 14.4. The molecule has 102 valence electrons. The highest BCUT2D eigenvalue weighted by Gasteiger charge is 2.22. The molecule has 0 saturated carbocycles. The van der Waals surface area contributed by atoms with Gasteiger partial charge in [-0.1, -0.05) is 48.3 Å². The van der Waals surface area contributed by atoms with Crippen LogP contribution in [-0.4, -0.2) is 16.8 Å². The van der Waals surface area contributed by atoms with E-state index in [-0.39, 0.29) is 6.04 Å². The topological polar surface area (TPSA) is 29.9 Å². The van der Waals surface area contributed by atoms with Crippen molar-refractivity contribution in [3.8, 4) is 0 Å². The first-order chi connectivity index (χ1) is 9.19. The molecule has 2 rings (SSSR count). The molecular weight excluding hydrogens is 281 g/mol. The lowest BCUT2D eigenvalue weighted by Gasteiger charge is -2.20. The van der Waals surface area contributed by atoms with E-state index in [1.807, 2.05) is 36.0 Å². The van der Waals surface area contributed by atoms with Crippen LogP contribution in [0, 0.1) is 0 Å². The summed E-state index contributed by atoms with van der Waals surface area (Å²) in [5.74, 6) is 0. The summed E-state index contributed by atoms with van der Waals surface area (Å²) < 4.78 is 1.94. The Kier molecular flexibility index (Phi) is 4.86. The van der Waals surface area contributed by atoms with Crippen molar-refractivity contribution in [2.45, 2.75) is 25.9 Å². The third-order valence-electron chi connectivity index (χ3n) is 3.05. The Hall–Kier alpha value is -1.03. The van der Waals surface area contributed by atoms with Crippen LogP contribution in [0.25, 0.3) is 0 Å². The predicted molar refractivity (Wildman–Crippen MR) is 79.9 cm³/mol. The van der Waals surface area contributed by atoms with Crippen LogP contribution in [0.2, 0.25) is 10.0 Å². The van der Waals surface area contributed by atoms with E-state index >= 15 is 0 Å². The molecule has 1 heterocycles. The Balaban J connectivity index is 2.48. The van der Waals surface area contributed by atoms with Crippen molar-refractivity contribution in [1.82, 2.24) is 15.1 Å². The Labute approximate surface area is 123 Å². The van der Waals surface area contributed by atoms with Crippen LogP contribution < -0.4 is 5.32 Å². The maximum Gasteiger partial charge on any atom is 0.0837 e. The van der Waals surface area contributed by atoms with Gasteiger partial charge in [0.15, 0.2) is 0 Å². The summed E-state index contributed by atoms with van der Waals surface area (Å²) in [5, 5.41) is 8.99. The molecule has 5 heteroatoms. The average Bonchev–Trinajstić information content (AvgIpc) is 2.75. The molecular formula is C14H17Cl2N3. The summed E-state index contributed by atoms with van der Waals surface area (Å²) in [4.78, 5) is 0. The van der Waals surface area contributed by atoms with E-state index in [1.165, 1.54) is 0 Å². The van der Waals surface area contributed by atoms with Crippen molar-refractivity contribution < 1.29 is 0 Å². The summed E-state index contributed by atoms with van der Waals surface area (Å²) in [7, 11) is 1.90. The standard InChI is InChI=1S/C14H17Cl2N3/c1-3-8-19-14(12(16)9-18-19)13(17-2)10-6-4-5-7-11(10)15/h4-7,9,13,17H,3,8H2,1-2H3. The highest BCUT2D eigenvalue weighted by Crippen LogP contribution is 2.32. The molecule has 0 aliphatic carbocycles. The maximum absolute atomic E-state index is 6.29. The van der Waals surface area contributed by atoms with Gasteiger partial charge in [-0.05, 0) is 25.1 Å². The van der Waals surface area contributed by atoms with Gasteiger partial charge in [0.2, 0.25) is 0 Å². The third-order valence-corrected chi connectivity index (χ3v) is 3.68. The zero-order chi connectivity index (χ0) is 13.8. The van der Waals surface area contributed by atoms with Gasteiger partial charge in [0.25, 0.3) is 0 Å². The fourth-order valence-electron chi connectivity index (χ4n) is 2.20. The minimum atomic E-state index is -0.0600. The molecule has 3 nitrogen and oxygen atoms in total. The number of benzene rings is 1. The number of nitrogens with one attached hydrogen (secondary N) is 1. The summed E-state index contributed by atoms with van der Waals surface area (Å²) >= 11 is 12.6. The quantitative estimate of drug-likeness (QED) is 0.907. The number of hydrogen-bond donors (Lipinski definition) is 1. The molecule has 0 spiro atoms. The van der Waals surface area contributed by atoms with Crippen LogP contribution in [-0.2, 0) is 6.54 Å². The van der Waals surface area contributed by atoms with E-state index in [0.717, 1.165) is 29.2 Å². The molecule has 1 N–H and O–H groups in total. The molecule has 2 aromatic rings. The zero-order valence-electron chi connectivity index (χ0n) is 11.0. The van der Waals surface area contributed by atoms with E-state index in [9.17, 15) is 0 Å². The smallest absolute Gasteiger partial charge is 0.0837 e. The second-order valence-corrected chi connectivity index (χ2v) is 5.16. The van der Waals surface area contributed by atoms with Crippen molar-refractivity contribution in [1.29, 1.82) is 0 Å². The molecule has 1 aromatic carbocycles. The molecule has 0 amide bonds. The van der Waals surface area contributed by atoms with Gasteiger partial charge in [0.1, 0.15) is 0 Å². The third kappa shape index (κ3) is 2.94. The second kappa shape index (κ2) is 6.42. The number of rotatable bonds is 5. The van der Waals surface area contributed by atoms with Gasteiger partial charge in [-0.15, -0.1) is 0 Å². The van der Waals surface area contributed by atoms with Crippen LogP contribution in [0.4, 0.5) is 0 Å². The number of nitrogens with zero attached hydrogens (tertiary/aromatic N) is 2. The van der Waals surface area contributed by atoms with E-state index in [1.54, 1.807) is 6.20 Å². The molecule has 1 atom stereocenters. The molecule has 0 aliphatic heterocycles. The zero-order valence-corrected chi connectivity index (χ0v) is 12.5. The van der Waals surface area contributed by atoms with E-state index in [0.29, 0.717) is 5.02 Å². The van der Waals surface area contributed by atoms with Crippen molar-refractivity contribution in [2.24, 2.45) is 0 Å². The molecule has 19 heavy (non-hydrogen) atoms. The SMILES string of the molecule is CCCn1ncc(Cl)c1C(NC)c1ccccc1Cl. The monoisotopic (exact) mass is 297 g/mol. The van der Waals surface area contributed by atoms with Crippen molar-refractivity contribution in [3.05, 3.63) is 51.8 Å². The molecule has 0 fully saturated rings. The van der Waals surface area contributed by atoms with Crippen molar-refractivity contribution in [3.63, 3.8) is 0 Å². The van der Waals surface area contributed by atoms with Crippen LogP contribution in [0.15, 0.2) is 30.5 Å². The van der Waals surface area contributed by atoms with Gasteiger partial charge in [-0.2, -0.15) is 5.10 Å².